The van der Waals surface area contributed by atoms with Gasteiger partial charge in [-0.3, -0.25) is 0 Å². The molecule has 1 nitrogen and oxygen atoms in total. The average molecular weight is 370 g/mol. The van der Waals surface area contributed by atoms with E-state index in [9.17, 15) is 0 Å². The molecule has 28 heavy (non-hydrogen) atoms. The topological polar surface area (TPSA) is 4.93 Å². The molecule has 144 valence electrons. The fourth-order valence-electron chi connectivity index (χ4n) is 5.65. The molecule has 1 fully saturated rings. The Morgan fingerprint density at radius 3 is 2.39 bits per heavy atom. The summed E-state index contributed by atoms with van der Waals surface area (Å²) in [6, 6.07) is 22.4. The van der Waals surface area contributed by atoms with E-state index in [1.807, 2.05) is 0 Å². The molecule has 1 heterocycles. The van der Waals surface area contributed by atoms with Crippen LogP contribution in [0.3, 0.4) is 0 Å². The van der Waals surface area contributed by atoms with E-state index in [1.54, 1.807) is 11.3 Å². The summed E-state index contributed by atoms with van der Waals surface area (Å²) < 4.78 is 2.55. The van der Waals surface area contributed by atoms with Crippen LogP contribution in [0.4, 0.5) is 0 Å². The van der Waals surface area contributed by atoms with Gasteiger partial charge in [0.05, 0.1) is 5.69 Å². The quantitative estimate of drug-likeness (QED) is 0.462. The zero-order chi connectivity index (χ0) is 18.9. The Labute approximate surface area is 169 Å². The van der Waals surface area contributed by atoms with Gasteiger partial charge in [0.1, 0.15) is 0 Å². The van der Waals surface area contributed by atoms with Gasteiger partial charge in [0.15, 0.2) is 0 Å². The highest BCUT2D eigenvalue weighted by Gasteiger charge is 2.30. The van der Waals surface area contributed by atoms with E-state index in [4.69, 9.17) is 0 Å². The van der Waals surface area contributed by atoms with E-state index in [2.05, 4.69) is 72.2 Å². The minimum atomic E-state index is 0.893. The standard InChI is InChI=1S/C27H31N/c1-20-9-8-14-25(17-20)28-26-16-15-23(21-10-4-2-5-11-21)18-24(26)19-27(28)22-12-6-3-7-13-22/h3,6-9,12-14,17,19,21,23H,2,4-5,10-11,15-16,18H2,1H3. The first-order valence-corrected chi connectivity index (χ1v) is 11.2. The first kappa shape index (κ1) is 17.8. The number of aryl methyl sites for hydroxylation is 1. The molecule has 0 amide bonds. The van der Waals surface area contributed by atoms with Gasteiger partial charge >= 0.3 is 0 Å². The molecule has 1 aromatic heterocycles. The Hall–Kier alpha value is -2.28. The summed E-state index contributed by atoms with van der Waals surface area (Å²) in [4.78, 5) is 0. The third kappa shape index (κ3) is 3.32. The summed E-state index contributed by atoms with van der Waals surface area (Å²) in [6.45, 7) is 2.20. The smallest absolute Gasteiger partial charge is 0.0534 e. The molecule has 0 N–H and O–H groups in total. The highest BCUT2D eigenvalue weighted by Crippen LogP contribution is 2.41. The van der Waals surface area contributed by atoms with Crippen LogP contribution < -0.4 is 0 Å². The van der Waals surface area contributed by atoms with Crippen LogP contribution in [0.2, 0.25) is 0 Å². The predicted octanol–water partition coefficient (Wildman–Crippen LogP) is 7.14. The third-order valence-electron chi connectivity index (χ3n) is 7.07. The molecule has 0 radical (unpaired) electrons. The zero-order valence-electron chi connectivity index (χ0n) is 17.0. The fourth-order valence-corrected chi connectivity index (χ4v) is 5.65. The molecular formula is C27H31N. The van der Waals surface area contributed by atoms with Gasteiger partial charge in [-0.25, -0.2) is 0 Å². The number of hydrogen-bond acceptors (Lipinski definition) is 0. The number of nitrogens with zero attached hydrogens (tertiary/aromatic N) is 1. The number of hydrogen-bond donors (Lipinski definition) is 0. The maximum Gasteiger partial charge on any atom is 0.0534 e. The highest BCUT2D eigenvalue weighted by molar-refractivity contribution is 5.66. The minimum Gasteiger partial charge on any atom is -0.313 e. The normalized spacial score (nSPS) is 20.1. The monoisotopic (exact) mass is 369 g/mol. The molecule has 0 bridgehead atoms. The summed E-state index contributed by atoms with van der Waals surface area (Å²) in [5.41, 5.74) is 8.48. The van der Waals surface area contributed by atoms with Crippen LogP contribution in [0.1, 0.15) is 55.3 Å². The molecule has 0 saturated heterocycles. The van der Waals surface area contributed by atoms with Gasteiger partial charge in [-0.05, 0) is 72.9 Å². The van der Waals surface area contributed by atoms with Crippen molar-refractivity contribution >= 4 is 0 Å². The van der Waals surface area contributed by atoms with Gasteiger partial charge in [0.25, 0.3) is 0 Å². The van der Waals surface area contributed by atoms with Crippen molar-refractivity contribution in [2.45, 2.75) is 58.3 Å². The van der Waals surface area contributed by atoms with Crippen LogP contribution >= 0.6 is 0 Å². The first-order chi connectivity index (χ1) is 13.8. The van der Waals surface area contributed by atoms with Crippen molar-refractivity contribution in [2.75, 3.05) is 0 Å². The average Bonchev–Trinajstić information content (AvgIpc) is 3.14. The summed E-state index contributed by atoms with van der Waals surface area (Å²) >= 11 is 0. The summed E-state index contributed by atoms with van der Waals surface area (Å²) in [5.74, 6) is 1.86. The van der Waals surface area contributed by atoms with Crippen LogP contribution in [0.5, 0.6) is 0 Å². The van der Waals surface area contributed by atoms with Crippen molar-refractivity contribution in [3.63, 3.8) is 0 Å². The van der Waals surface area contributed by atoms with E-state index in [-0.39, 0.29) is 0 Å². The molecule has 1 heteroatoms. The van der Waals surface area contributed by atoms with Crippen LogP contribution in [-0.2, 0) is 12.8 Å². The van der Waals surface area contributed by atoms with Crippen molar-refractivity contribution < 1.29 is 0 Å². The predicted molar refractivity (Wildman–Crippen MR) is 118 cm³/mol. The molecule has 2 aromatic carbocycles. The second-order valence-corrected chi connectivity index (χ2v) is 8.94. The van der Waals surface area contributed by atoms with E-state index < -0.39 is 0 Å². The van der Waals surface area contributed by atoms with E-state index in [0.717, 1.165) is 11.8 Å². The number of benzene rings is 2. The summed E-state index contributed by atoms with van der Waals surface area (Å²) in [6.07, 6.45) is 11.1. The highest BCUT2D eigenvalue weighted by atomic mass is 15.0. The second kappa shape index (κ2) is 7.62. The molecule has 5 rings (SSSR count). The molecule has 1 atom stereocenters. The first-order valence-electron chi connectivity index (χ1n) is 11.2. The van der Waals surface area contributed by atoms with Crippen molar-refractivity contribution in [1.82, 2.24) is 4.57 Å². The fraction of sp³-hybridized carbons (Fsp3) is 0.407. The second-order valence-electron chi connectivity index (χ2n) is 8.94. The molecule has 2 aliphatic carbocycles. The summed E-state index contributed by atoms with van der Waals surface area (Å²) in [5, 5.41) is 0. The van der Waals surface area contributed by atoms with Gasteiger partial charge in [0.2, 0.25) is 0 Å². The Morgan fingerprint density at radius 2 is 1.61 bits per heavy atom. The largest absolute Gasteiger partial charge is 0.313 e. The number of fused-ring (bicyclic) bond motifs is 1. The Bertz CT molecular complexity index is 944. The molecule has 1 unspecified atom stereocenters. The third-order valence-corrected chi connectivity index (χ3v) is 7.07. The van der Waals surface area contributed by atoms with Crippen LogP contribution in [0.25, 0.3) is 16.9 Å². The van der Waals surface area contributed by atoms with Crippen molar-refractivity contribution in [2.24, 2.45) is 11.8 Å². The summed E-state index contributed by atoms with van der Waals surface area (Å²) in [7, 11) is 0. The van der Waals surface area contributed by atoms with Gasteiger partial charge < -0.3 is 4.57 Å². The SMILES string of the molecule is Cc1cccc(-n2c(-c3ccccc3)cc3c2CCC(C2CCCCC2)C3)c1. The van der Waals surface area contributed by atoms with E-state index >= 15 is 0 Å². The molecular weight excluding hydrogens is 338 g/mol. The van der Waals surface area contributed by atoms with Crippen LogP contribution in [0, 0.1) is 18.8 Å². The maximum atomic E-state index is 2.55. The van der Waals surface area contributed by atoms with Gasteiger partial charge in [-0.2, -0.15) is 0 Å². The van der Waals surface area contributed by atoms with E-state index in [0.29, 0.717) is 0 Å². The lowest BCUT2D eigenvalue weighted by Crippen LogP contribution is -2.24. The van der Waals surface area contributed by atoms with Crippen molar-refractivity contribution in [1.29, 1.82) is 0 Å². The number of rotatable bonds is 3. The zero-order valence-corrected chi connectivity index (χ0v) is 17.0. The van der Waals surface area contributed by atoms with Crippen LogP contribution in [-0.4, -0.2) is 4.57 Å². The molecule has 0 aliphatic heterocycles. The van der Waals surface area contributed by atoms with Gasteiger partial charge in [-0.1, -0.05) is 74.6 Å². The molecule has 1 saturated carbocycles. The molecule has 3 aromatic rings. The Kier molecular flexibility index (Phi) is 4.84. The lowest BCUT2D eigenvalue weighted by molar-refractivity contribution is 0.227. The number of aromatic nitrogens is 1. The molecule has 2 aliphatic rings. The van der Waals surface area contributed by atoms with Gasteiger partial charge in [0, 0.05) is 11.4 Å². The van der Waals surface area contributed by atoms with Gasteiger partial charge in [-0.15, -0.1) is 0 Å². The molecule has 0 spiro atoms. The van der Waals surface area contributed by atoms with Crippen molar-refractivity contribution in [3.8, 4) is 16.9 Å². The Balaban J connectivity index is 1.57. The van der Waals surface area contributed by atoms with E-state index in [1.165, 1.54) is 73.9 Å². The minimum absolute atomic E-state index is 0.893. The van der Waals surface area contributed by atoms with Crippen molar-refractivity contribution in [3.05, 3.63) is 77.5 Å². The maximum absolute atomic E-state index is 2.55. The Morgan fingerprint density at radius 1 is 0.786 bits per heavy atom. The lowest BCUT2D eigenvalue weighted by atomic mass is 9.73. The lowest BCUT2D eigenvalue weighted by Gasteiger charge is -2.33. The van der Waals surface area contributed by atoms with Crippen LogP contribution in [0.15, 0.2) is 60.7 Å².